The van der Waals surface area contributed by atoms with Crippen LogP contribution in [-0.4, -0.2) is 59.8 Å². The van der Waals surface area contributed by atoms with E-state index < -0.39 is 0 Å². The van der Waals surface area contributed by atoms with Crippen molar-refractivity contribution < 1.29 is 9.53 Å². The Kier molecular flexibility index (Phi) is 6.39. The first-order valence-electron chi connectivity index (χ1n) is 8.99. The molecule has 1 aromatic carbocycles. The molecule has 1 fully saturated rings. The van der Waals surface area contributed by atoms with E-state index in [0.29, 0.717) is 24.7 Å². The number of aryl methyl sites for hydroxylation is 1. The van der Waals surface area contributed by atoms with Gasteiger partial charge in [0.05, 0.1) is 18.6 Å². The number of rotatable bonds is 6. The summed E-state index contributed by atoms with van der Waals surface area (Å²) in [5.41, 5.74) is 1.61. The number of nitrogens with one attached hydrogen (secondary N) is 1. The lowest BCUT2D eigenvalue weighted by Crippen LogP contribution is -2.49. The van der Waals surface area contributed by atoms with Gasteiger partial charge < -0.3 is 19.5 Å². The predicted octanol–water partition coefficient (Wildman–Crippen LogP) is 1.78. The molecular formula is C19H24N4O3S. The Bertz CT molecular complexity index is 847. The number of hydrogen-bond acceptors (Lipinski definition) is 6. The van der Waals surface area contributed by atoms with E-state index >= 15 is 0 Å². The largest absolute Gasteiger partial charge is 0.495 e. The fourth-order valence-electron chi connectivity index (χ4n) is 3.04. The number of amides is 1. The number of ether oxygens (including phenoxy) is 1. The zero-order valence-corrected chi connectivity index (χ0v) is 16.4. The summed E-state index contributed by atoms with van der Waals surface area (Å²) in [5, 5.41) is 0.500. The van der Waals surface area contributed by atoms with E-state index in [-0.39, 0.29) is 17.2 Å². The quantitative estimate of drug-likeness (QED) is 0.600. The van der Waals surface area contributed by atoms with Crippen molar-refractivity contribution in [2.75, 3.05) is 43.9 Å². The summed E-state index contributed by atoms with van der Waals surface area (Å²) in [5.74, 6) is 1.17. The van der Waals surface area contributed by atoms with Crippen LogP contribution >= 0.6 is 11.8 Å². The summed E-state index contributed by atoms with van der Waals surface area (Å²) in [7, 11) is 1.67. The molecule has 27 heavy (non-hydrogen) atoms. The van der Waals surface area contributed by atoms with Crippen molar-refractivity contribution in [2.45, 2.75) is 18.5 Å². The Hall–Kier alpha value is -2.48. The maximum absolute atomic E-state index is 12.5. The van der Waals surface area contributed by atoms with Crippen LogP contribution in [0.25, 0.3) is 0 Å². The van der Waals surface area contributed by atoms with Crippen molar-refractivity contribution in [3.8, 4) is 5.75 Å². The zero-order chi connectivity index (χ0) is 19.2. The summed E-state index contributed by atoms with van der Waals surface area (Å²) in [4.78, 5) is 35.3. The highest BCUT2D eigenvalue weighted by atomic mass is 32.2. The summed E-state index contributed by atoms with van der Waals surface area (Å²) < 4.78 is 5.43. The third-order valence-electron chi connectivity index (χ3n) is 4.53. The Morgan fingerprint density at radius 3 is 2.70 bits per heavy atom. The SMILES string of the molecule is CCc1cc(=O)[nH]c(SCC(=O)N2CCN(c3ccccc3OC)CC2)n1. The molecule has 3 rings (SSSR count). The molecule has 2 heterocycles. The predicted molar refractivity (Wildman–Crippen MR) is 107 cm³/mol. The molecule has 1 saturated heterocycles. The van der Waals surface area contributed by atoms with E-state index in [1.807, 2.05) is 36.1 Å². The summed E-state index contributed by atoms with van der Waals surface area (Å²) in [6.07, 6.45) is 0.691. The third kappa shape index (κ3) is 4.82. The number of anilines is 1. The van der Waals surface area contributed by atoms with E-state index in [0.717, 1.165) is 30.2 Å². The van der Waals surface area contributed by atoms with Crippen LogP contribution in [0.4, 0.5) is 5.69 Å². The Labute approximate surface area is 162 Å². The van der Waals surface area contributed by atoms with Gasteiger partial charge in [-0.25, -0.2) is 4.98 Å². The van der Waals surface area contributed by atoms with E-state index in [1.54, 1.807) is 7.11 Å². The first-order chi connectivity index (χ1) is 13.1. The van der Waals surface area contributed by atoms with Crippen molar-refractivity contribution in [3.63, 3.8) is 0 Å². The standard InChI is InChI=1S/C19H24N4O3S/c1-3-14-12-17(24)21-19(20-14)27-13-18(25)23-10-8-22(9-11-23)15-6-4-5-7-16(15)26-2/h4-7,12H,3,8-11,13H2,1-2H3,(H,20,21,24). The topological polar surface area (TPSA) is 78.5 Å². The van der Waals surface area contributed by atoms with Crippen LogP contribution in [0.15, 0.2) is 40.3 Å². The average Bonchev–Trinajstić information content (AvgIpc) is 2.71. The number of piperazine rings is 1. The lowest BCUT2D eigenvalue weighted by atomic mass is 10.2. The molecule has 2 aromatic rings. The van der Waals surface area contributed by atoms with Gasteiger partial charge in [0.25, 0.3) is 5.56 Å². The molecule has 0 unspecified atom stereocenters. The number of carbonyl (C=O) groups excluding carboxylic acids is 1. The molecular weight excluding hydrogens is 364 g/mol. The molecule has 0 radical (unpaired) electrons. The van der Waals surface area contributed by atoms with Crippen molar-refractivity contribution in [1.82, 2.24) is 14.9 Å². The summed E-state index contributed by atoms with van der Waals surface area (Å²) in [6, 6.07) is 9.41. The molecule has 1 amide bonds. The van der Waals surface area contributed by atoms with Gasteiger partial charge in [0.2, 0.25) is 5.91 Å². The molecule has 0 atom stereocenters. The molecule has 0 bridgehead atoms. The fourth-order valence-corrected chi connectivity index (χ4v) is 3.84. The smallest absolute Gasteiger partial charge is 0.251 e. The van der Waals surface area contributed by atoms with Gasteiger partial charge >= 0.3 is 0 Å². The second-order valence-corrected chi connectivity index (χ2v) is 7.19. The maximum Gasteiger partial charge on any atom is 0.251 e. The summed E-state index contributed by atoms with van der Waals surface area (Å²) in [6.45, 7) is 4.80. The molecule has 0 aliphatic carbocycles. The fraction of sp³-hybridized carbons (Fsp3) is 0.421. The van der Waals surface area contributed by atoms with Crippen LogP contribution in [0.2, 0.25) is 0 Å². The van der Waals surface area contributed by atoms with Crippen molar-refractivity contribution >= 4 is 23.4 Å². The molecule has 8 heteroatoms. The highest BCUT2D eigenvalue weighted by Crippen LogP contribution is 2.28. The van der Waals surface area contributed by atoms with Crippen LogP contribution in [0.3, 0.4) is 0 Å². The molecule has 1 N–H and O–H groups in total. The maximum atomic E-state index is 12.5. The number of aromatic amines is 1. The Morgan fingerprint density at radius 1 is 1.26 bits per heavy atom. The minimum Gasteiger partial charge on any atom is -0.495 e. The lowest BCUT2D eigenvalue weighted by molar-refractivity contribution is -0.128. The number of H-pyrrole nitrogens is 1. The van der Waals surface area contributed by atoms with Crippen molar-refractivity contribution in [3.05, 3.63) is 46.4 Å². The lowest BCUT2D eigenvalue weighted by Gasteiger charge is -2.36. The number of benzene rings is 1. The van der Waals surface area contributed by atoms with Crippen molar-refractivity contribution in [2.24, 2.45) is 0 Å². The molecule has 1 aromatic heterocycles. The first kappa shape index (κ1) is 19.3. The van der Waals surface area contributed by atoms with Gasteiger partial charge in [-0.15, -0.1) is 0 Å². The number of nitrogens with zero attached hydrogens (tertiary/aromatic N) is 3. The zero-order valence-electron chi connectivity index (χ0n) is 15.6. The molecule has 1 aliphatic heterocycles. The van der Waals surface area contributed by atoms with Gasteiger partial charge in [-0.2, -0.15) is 0 Å². The van der Waals surface area contributed by atoms with Crippen LogP contribution in [-0.2, 0) is 11.2 Å². The molecule has 1 aliphatic rings. The van der Waals surface area contributed by atoms with Gasteiger partial charge in [-0.05, 0) is 18.6 Å². The van der Waals surface area contributed by atoms with E-state index in [2.05, 4.69) is 14.9 Å². The second-order valence-electron chi connectivity index (χ2n) is 6.22. The minimum atomic E-state index is -0.178. The summed E-state index contributed by atoms with van der Waals surface area (Å²) >= 11 is 1.28. The van der Waals surface area contributed by atoms with Gasteiger partial charge in [0.15, 0.2) is 5.16 Å². The number of carbonyl (C=O) groups is 1. The van der Waals surface area contributed by atoms with Crippen LogP contribution in [0, 0.1) is 0 Å². The Morgan fingerprint density at radius 2 is 2.00 bits per heavy atom. The van der Waals surface area contributed by atoms with E-state index in [1.165, 1.54) is 17.8 Å². The molecule has 7 nitrogen and oxygen atoms in total. The molecule has 0 spiro atoms. The van der Waals surface area contributed by atoms with Gasteiger partial charge in [-0.1, -0.05) is 30.8 Å². The minimum absolute atomic E-state index is 0.0595. The van der Waals surface area contributed by atoms with E-state index in [9.17, 15) is 9.59 Å². The van der Waals surface area contributed by atoms with Gasteiger partial charge in [0.1, 0.15) is 5.75 Å². The first-order valence-corrected chi connectivity index (χ1v) is 9.98. The molecule has 0 saturated carbocycles. The number of thioether (sulfide) groups is 1. The normalized spacial score (nSPS) is 14.3. The van der Waals surface area contributed by atoms with Crippen LogP contribution in [0.5, 0.6) is 5.75 Å². The third-order valence-corrected chi connectivity index (χ3v) is 5.38. The second kappa shape index (κ2) is 8.94. The highest BCUT2D eigenvalue weighted by molar-refractivity contribution is 7.99. The monoisotopic (exact) mass is 388 g/mol. The number of para-hydroxylation sites is 2. The van der Waals surface area contributed by atoms with Crippen molar-refractivity contribution in [1.29, 1.82) is 0 Å². The Balaban J connectivity index is 1.54. The highest BCUT2D eigenvalue weighted by Gasteiger charge is 2.23. The molecule has 144 valence electrons. The van der Waals surface area contributed by atoms with Crippen LogP contribution < -0.4 is 15.2 Å². The van der Waals surface area contributed by atoms with E-state index in [4.69, 9.17) is 4.74 Å². The number of aromatic nitrogens is 2. The number of methoxy groups -OCH3 is 1. The van der Waals surface area contributed by atoms with Gasteiger partial charge in [0, 0.05) is 37.9 Å². The van der Waals surface area contributed by atoms with Gasteiger partial charge in [-0.3, -0.25) is 9.59 Å². The van der Waals surface area contributed by atoms with Crippen LogP contribution in [0.1, 0.15) is 12.6 Å². The number of hydrogen-bond donors (Lipinski definition) is 1. The average molecular weight is 388 g/mol.